The number of hydrogen-bond donors (Lipinski definition) is 2. The van der Waals surface area contributed by atoms with E-state index in [4.69, 9.17) is 26.4 Å². The van der Waals surface area contributed by atoms with Gasteiger partial charge in [0.15, 0.2) is 5.11 Å². The number of rotatable bonds is 6. The van der Waals surface area contributed by atoms with Gasteiger partial charge in [0.05, 0.1) is 43.7 Å². The molecule has 8 nitrogen and oxygen atoms in total. The van der Waals surface area contributed by atoms with Crippen LogP contribution in [-0.4, -0.2) is 44.3 Å². The van der Waals surface area contributed by atoms with Gasteiger partial charge < -0.3 is 24.8 Å². The van der Waals surface area contributed by atoms with Gasteiger partial charge in [-0.3, -0.25) is 0 Å². The van der Waals surface area contributed by atoms with E-state index in [1.165, 1.54) is 50.9 Å². The van der Waals surface area contributed by atoms with E-state index in [2.05, 4.69) is 10.6 Å². The molecular weight excluding hydrogens is 428 g/mol. The number of aryl methyl sites for hydroxylation is 1. The van der Waals surface area contributed by atoms with Gasteiger partial charge in [-0.1, -0.05) is 6.92 Å². The Morgan fingerprint density at radius 2 is 1.63 bits per heavy atom. The number of hydrogen-bond acceptors (Lipinski definition) is 8. The van der Waals surface area contributed by atoms with Crippen LogP contribution in [0.1, 0.15) is 48.4 Å². The van der Waals surface area contributed by atoms with Crippen molar-refractivity contribution in [3.63, 3.8) is 0 Å². The lowest BCUT2D eigenvalue weighted by atomic mass is 10.1. The first-order chi connectivity index (χ1) is 14.3. The maximum atomic E-state index is 12.3. The van der Waals surface area contributed by atoms with E-state index in [1.807, 2.05) is 13.8 Å². The zero-order valence-corrected chi connectivity index (χ0v) is 18.8. The van der Waals surface area contributed by atoms with Crippen molar-refractivity contribution in [2.75, 3.05) is 32.0 Å². The summed E-state index contributed by atoms with van der Waals surface area (Å²) in [6, 6.07) is 4.32. The molecule has 1 heterocycles. The minimum atomic E-state index is -0.604. The summed E-state index contributed by atoms with van der Waals surface area (Å²) < 4.78 is 14.4. The van der Waals surface area contributed by atoms with Gasteiger partial charge in [-0.15, -0.1) is 11.3 Å². The molecule has 1 aromatic heterocycles. The zero-order chi connectivity index (χ0) is 22.4. The van der Waals surface area contributed by atoms with Gasteiger partial charge in [0.2, 0.25) is 0 Å². The van der Waals surface area contributed by atoms with E-state index < -0.39 is 17.9 Å². The fourth-order valence-corrected chi connectivity index (χ4v) is 4.26. The highest BCUT2D eigenvalue weighted by Crippen LogP contribution is 2.34. The zero-order valence-electron chi connectivity index (χ0n) is 17.2. The van der Waals surface area contributed by atoms with E-state index in [1.54, 1.807) is 0 Å². The molecule has 0 atom stereocenters. The number of methoxy groups -OCH3 is 3. The first-order valence-electron chi connectivity index (χ1n) is 8.86. The second kappa shape index (κ2) is 10.2. The highest BCUT2D eigenvalue weighted by molar-refractivity contribution is 7.80. The average molecular weight is 451 g/mol. The van der Waals surface area contributed by atoms with Gasteiger partial charge in [-0.2, -0.15) is 0 Å². The molecule has 10 heteroatoms. The Bertz CT molecular complexity index is 999. The molecule has 0 fully saturated rings. The third-order valence-corrected chi connectivity index (χ3v) is 5.54. The normalized spacial score (nSPS) is 10.2. The molecule has 1 aromatic carbocycles. The standard InChI is InChI=1S/C20H22N2O6S2/c1-6-12-10(2)30-16(15(12)19(25)28-5)22-20(29)21-14-9-11(17(23)26-3)7-8-13(14)18(24)27-4/h7-9H,6H2,1-5H3,(H2,21,22,29). The fraction of sp³-hybridized carbons (Fsp3) is 0.300. The first kappa shape index (κ1) is 23.3. The smallest absolute Gasteiger partial charge is 0.341 e. The average Bonchev–Trinajstić information content (AvgIpc) is 3.06. The summed E-state index contributed by atoms with van der Waals surface area (Å²) in [6.07, 6.45) is 0.655. The van der Waals surface area contributed by atoms with Crippen LogP contribution in [0, 0.1) is 6.92 Å². The predicted molar refractivity (Wildman–Crippen MR) is 119 cm³/mol. The van der Waals surface area contributed by atoms with E-state index >= 15 is 0 Å². The number of benzene rings is 1. The minimum Gasteiger partial charge on any atom is -0.465 e. The number of nitrogens with one attached hydrogen (secondary N) is 2. The molecule has 0 spiro atoms. The number of esters is 3. The Kier molecular flexibility index (Phi) is 7.90. The SMILES string of the molecule is CCc1c(C)sc(NC(=S)Nc2cc(C(=O)OC)ccc2C(=O)OC)c1C(=O)OC. The quantitative estimate of drug-likeness (QED) is 0.386. The van der Waals surface area contributed by atoms with Gasteiger partial charge in [0, 0.05) is 4.88 Å². The molecule has 0 unspecified atom stereocenters. The maximum absolute atomic E-state index is 12.3. The summed E-state index contributed by atoms with van der Waals surface area (Å²) in [4.78, 5) is 37.2. The Labute approximate surface area is 183 Å². The van der Waals surface area contributed by atoms with Crippen molar-refractivity contribution < 1.29 is 28.6 Å². The Morgan fingerprint density at radius 3 is 2.20 bits per heavy atom. The summed E-state index contributed by atoms with van der Waals surface area (Å²) in [5, 5.41) is 6.52. The van der Waals surface area contributed by atoms with Crippen molar-refractivity contribution in [1.82, 2.24) is 0 Å². The first-order valence-corrected chi connectivity index (χ1v) is 10.1. The number of carbonyl (C=O) groups excluding carboxylic acids is 3. The molecule has 30 heavy (non-hydrogen) atoms. The molecule has 0 aliphatic rings. The van der Waals surface area contributed by atoms with Gasteiger partial charge >= 0.3 is 17.9 Å². The number of thiophene rings is 1. The molecule has 0 amide bonds. The monoisotopic (exact) mass is 450 g/mol. The van der Waals surface area contributed by atoms with Gasteiger partial charge in [-0.05, 0) is 49.3 Å². The fourth-order valence-electron chi connectivity index (χ4n) is 2.85. The van der Waals surface area contributed by atoms with Gasteiger partial charge in [0.1, 0.15) is 5.00 Å². The van der Waals surface area contributed by atoms with E-state index in [-0.39, 0.29) is 21.9 Å². The van der Waals surface area contributed by atoms with Gasteiger partial charge in [-0.25, -0.2) is 14.4 Å². The van der Waals surface area contributed by atoms with E-state index in [0.717, 1.165) is 10.4 Å². The van der Waals surface area contributed by atoms with Crippen LogP contribution in [0.25, 0.3) is 0 Å². The van der Waals surface area contributed by atoms with E-state index in [0.29, 0.717) is 17.0 Å². The van der Waals surface area contributed by atoms with Crippen molar-refractivity contribution >= 4 is 57.3 Å². The van der Waals surface area contributed by atoms with Crippen LogP contribution >= 0.6 is 23.6 Å². The highest BCUT2D eigenvalue weighted by atomic mass is 32.1. The molecule has 0 aliphatic carbocycles. The van der Waals surface area contributed by atoms with Crippen molar-refractivity contribution in [3.05, 3.63) is 45.3 Å². The molecule has 0 saturated heterocycles. The number of thiocarbonyl (C=S) groups is 1. The van der Waals surface area contributed by atoms with Crippen LogP contribution in [-0.2, 0) is 20.6 Å². The minimum absolute atomic E-state index is 0.122. The summed E-state index contributed by atoms with van der Waals surface area (Å²) in [5.74, 6) is -1.64. The largest absolute Gasteiger partial charge is 0.465 e. The van der Waals surface area contributed by atoms with Crippen molar-refractivity contribution in [3.8, 4) is 0 Å². The van der Waals surface area contributed by atoms with E-state index in [9.17, 15) is 14.4 Å². The maximum Gasteiger partial charge on any atom is 0.341 e. The number of carbonyl (C=O) groups is 3. The van der Waals surface area contributed by atoms with Crippen LogP contribution in [0.4, 0.5) is 10.7 Å². The predicted octanol–water partition coefficient (Wildman–Crippen LogP) is 3.79. The van der Waals surface area contributed by atoms with Crippen LogP contribution in [0.3, 0.4) is 0 Å². The Balaban J connectivity index is 2.37. The third kappa shape index (κ3) is 4.95. The van der Waals surface area contributed by atoms with Crippen LogP contribution in [0.15, 0.2) is 18.2 Å². The molecule has 2 aromatic rings. The van der Waals surface area contributed by atoms with Crippen molar-refractivity contribution in [1.29, 1.82) is 0 Å². The molecule has 160 valence electrons. The van der Waals surface area contributed by atoms with Crippen LogP contribution in [0.2, 0.25) is 0 Å². The van der Waals surface area contributed by atoms with Gasteiger partial charge in [0.25, 0.3) is 0 Å². The second-order valence-electron chi connectivity index (χ2n) is 6.01. The third-order valence-electron chi connectivity index (χ3n) is 4.27. The Morgan fingerprint density at radius 1 is 1.00 bits per heavy atom. The molecular formula is C20H22N2O6S2. The molecule has 2 N–H and O–H groups in total. The summed E-state index contributed by atoms with van der Waals surface area (Å²) in [7, 11) is 3.82. The topological polar surface area (TPSA) is 103 Å². The van der Waals surface area contributed by atoms with Crippen LogP contribution < -0.4 is 10.6 Å². The summed E-state index contributed by atoms with van der Waals surface area (Å²) in [5.41, 5.74) is 1.96. The summed E-state index contributed by atoms with van der Waals surface area (Å²) >= 11 is 6.74. The van der Waals surface area contributed by atoms with Crippen LogP contribution in [0.5, 0.6) is 0 Å². The molecule has 2 rings (SSSR count). The lowest BCUT2D eigenvalue weighted by molar-refractivity contribution is 0.0587. The molecule has 0 radical (unpaired) electrons. The number of ether oxygens (including phenoxy) is 3. The lowest BCUT2D eigenvalue weighted by Gasteiger charge is -2.14. The lowest BCUT2D eigenvalue weighted by Crippen LogP contribution is -2.22. The molecule has 0 aliphatic heterocycles. The summed E-state index contributed by atoms with van der Waals surface area (Å²) in [6.45, 7) is 3.86. The second-order valence-corrected chi connectivity index (χ2v) is 7.64. The van der Waals surface area contributed by atoms with Crippen molar-refractivity contribution in [2.45, 2.75) is 20.3 Å². The van der Waals surface area contributed by atoms with Crippen molar-refractivity contribution in [2.24, 2.45) is 0 Å². The molecule has 0 bridgehead atoms. The molecule has 0 saturated carbocycles. The highest BCUT2D eigenvalue weighted by Gasteiger charge is 2.23. The Hall–Kier alpha value is -2.98. The number of anilines is 2.